The van der Waals surface area contributed by atoms with E-state index in [2.05, 4.69) is 23.8 Å². The van der Waals surface area contributed by atoms with Crippen molar-refractivity contribution < 1.29 is 0 Å². The van der Waals surface area contributed by atoms with Crippen LogP contribution >= 0.6 is 23.5 Å². The van der Waals surface area contributed by atoms with E-state index in [4.69, 9.17) is 5.73 Å². The predicted octanol–water partition coefficient (Wildman–Crippen LogP) is 2.54. The second-order valence-electron chi connectivity index (χ2n) is 4.41. The summed E-state index contributed by atoms with van der Waals surface area (Å²) >= 11 is 4.01. The van der Waals surface area contributed by atoms with Gasteiger partial charge in [-0.05, 0) is 6.92 Å². The summed E-state index contributed by atoms with van der Waals surface area (Å²) in [6, 6.07) is 0. The Labute approximate surface area is 111 Å². The highest BCUT2D eigenvalue weighted by molar-refractivity contribution is 8.07. The lowest BCUT2D eigenvalue weighted by molar-refractivity contribution is 0.838. The van der Waals surface area contributed by atoms with Gasteiger partial charge in [0.1, 0.15) is 5.82 Å². The molecule has 1 saturated heterocycles. The average Bonchev–Trinajstić information content (AvgIpc) is 2.32. The van der Waals surface area contributed by atoms with Crippen molar-refractivity contribution in [3.8, 4) is 0 Å². The van der Waals surface area contributed by atoms with Crippen molar-refractivity contribution in [2.75, 3.05) is 5.75 Å². The smallest absolute Gasteiger partial charge is 0.142 e. The first kappa shape index (κ1) is 13.2. The molecular weight excluding hydrogens is 250 g/mol. The quantitative estimate of drug-likeness (QED) is 0.894. The molecule has 0 radical (unpaired) electrons. The van der Waals surface area contributed by atoms with E-state index >= 15 is 0 Å². The third-order valence-corrected chi connectivity index (χ3v) is 6.54. The normalized spacial score (nSPS) is 29.3. The highest BCUT2D eigenvalue weighted by Crippen LogP contribution is 2.43. The molecule has 3 atom stereocenters. The molecule has 1 fully saturated rings. The van der Waals surface area contributed by atoms with Crippen molar-refractivity contribution in [3.05, 3.63) is 23.3 Å². The van der Waals surface area contributed by atoms with E-state index in [1.807, 2.05) is 36.6 Å². The monoisotopic (exact) mass is 269 g/mol. The Morgan fingerprint density at radius 1 is 1.41 bits per heavy atom. The van der Waals surface area contributed by atoms with Gasteiger partial charge in [-0.2, -0.15) is 11.8 Å². The van der Waals surface area contributed by atoms with E-state index in [1.54, 1.807) is 0 Å². The molecule has 2 heterocycles. The van der Waals surface area contributed by atoms with Crippen LogP contribution in [0.3, 0.4) is 0 Å². The first-order valence-corrected chi connectivity index (χ1v) is 7.90. The summed E-state index contributed by atoms with van der Waals surface area (Å²) in [5, 5.41) is 1.81. The minimum Gasteiger partial charge on any atom is -0.326 e. The van der Waals surface area contributed by atoms with Gasteiger partial charge >= 0.3 is 0 Å². The maximum atomic E-state index is 5.63. The summed E-state index contributed by atoms with van der Waals surface area (Å²) in [7, 11) is 0. The molecule has 0 aromatic carbocycles. The number of hydrogen-bond acceptors (Lipinski definition) is 5. The maximum Gasteiger partial charge on any atom is 0.142 e. The van der Waals surface area contributed by atoms with Gasteiger partial charge in [0.05, 0.1) is 5.25 Å². The highest BCUT2D eigenvalue weighted by atomic mass is 32.2. The Morgan fingerprint density at radius 3 is 2.76 bits per heavy atom. The number of nitrogens with two attached hydrogens (primary N) is 1. The molecule has 3 nitrogen and oxygen atoms in total. The Hall–Kier alpha value is -0.260. The van der Waals surface area contributed by atoms with Gasteiger partial charge in [0.25, 0.3) is 0 Å². The maximum absolute atomic E-state index is 5.63. The summed E-state index contributed by atoms with van der Waals surface area (Å²) in [4.78, 5) is 9.07. The van der Waals surface area contributed by atoms with Crippen LogP contribution in [0.4, 0.5) is 0 Å². The first-order valence-electron chi connectivity index (χ1n) is 5.91. The molecule has 1 aliphatic heterocycles. The molecule has 2 N–H and O–H groups in total. The van der Waals surface area contributed by atoms with Crippen molar-refractivity contribution in [2.24, 2.45) is 5.73 Å². The van der Waals surface area contributed by atoms with Crippen LogP contribution in [0.15, 0.2) is 6.20 Å². The highest BCUT2D eigenvalue weighted by Gasteiger charge is 2.28. The van der Waals surface area contributed by atoms with E-state index in [-0.39, 0.29) is 0 Å². The lowest BCUT2D eigenvalue weighted by Gasteiger charge is -2.30. The molecule has 3 unspecified atom stereocenters. The summed E-state index contributed by atoms with van der Waals surface area (Å²) in [6.07, 6.45) is 1.88. The van der Waals surface area contributed by atoms with Crippen LogP contribution in [0, 0.1) is 6.92 Å². The zero-order chi connectivity index (χ0) is 12.4. The first-order chi connectivity index (χ1) is 8.11. The summed E-state index contributed by atoms with van der Waals surface area (Å²) in [5.41, 5.74) is 7.70. The number of rotatable bonds is 2. The second-order valence-corrected chi connectivity index (χ2v) is 7.41. The van der Waals surface area contributed by atoms with E-state index < -0.39 is 0 Å². The molecule has 0 spiro atoms. The van der Waals surface area contributed by atoms with E-state index in [9.17, 15) is 0 Å². The third kappa shape index (κ3) is 2.95. The third-order valence-electron chi connectivity index (χ3n) is 3.16. The Bertz CT molecular complexity index is 397. The number of thioether (sulfide) groups is 2. The van der Waals surface area contributed by atoms with Gasteiger partial charge in [-0.3, -0.25) is 0 Å². The average molecular weight is 269 g/mol. The summed E-state index contributed by atoms with van der Waals surface area (Å²) < 4.78 is 0. The molecule has 0 aliphatic carbocycles. The predicted molar refractivity (Wildman–Crippen MR) is 76.4 cm³/mol. The molecule has 94 valence electrons. The van der Waals surface area contributed by atoms with Crippen LogP contribution in [-0.2, 0) is 6.54 Å². The van der Waals surface area contributed by atoms with Crippen LogP contribution < -0.4 is 5.73 Å². The van der Waals surface area contributed by atoms with Crippen molar-refractivity contribution in [1.82, 2.24) is 9.97 Å². The van der Waals surface area contributed by atoms with Gasteiger partial charge < -0.3 is 5.73 Å². The standard InChI is InChI=1S/C12H19N3S2/c1-7-10(4-13)5-14-12(15-7)11-6-16-8(2)9(3)17-11/h5,8-9,11H,4,6,13H2,1-3H3. The van der Waals surface area contributed by atoms with Crippen LogP contribution in [0.5, 0.6) is 0 Å². The molecule has 1 aliphatic rings. The fourth-order valence-electron chi connectivity index (χ4n) is 1.78. The number of aryl methyl sites for hydroxylation is 1. The Morgan fingerprint density at radius 2 is 2.18 bits per heavy atom. The van der Waals surface area contributed by atoms with Crippen molar-refractivity contribution >= 4 is 23.5 Å². The van der Waals surface area contributed by atoms with Gasteiger partial charge in [0.15, 0.2) is 0 Å². The van der Waals surface area contributed by atoms with Crippen LogP contribution in [0.2, 0.25) is 0 Å². The zero-order valence-corrected chi connectivity index (χ0v) is 12.1. The van der Waals surface area contributed by atoms with Crippen molar-refractivity contribution in [3.63, 3.8) is 0 Å². The zero-order valence-electron chi connectivity index (χ0n) is 10.5. The van der Waals surface area contributed by atoms with Gasteiger partial charge in [-0.1, -0.05) is 13.8 Å². The van der Waals surface area contributed by atoms with E-state index in [0.717, 1.165) is 28.1 Å². The fourth-order valence-corrected chi connectivity index (χ4v) is 4.64. The molecule has 1 aromatic heterocycles. The SMILES string of the molecule is Cc1nc(C2CSC(C)C(C)S2)ncc1CN. The van der Waals surface area contributed by atoms with Crippen molar-refractivity contribution in [2.45, 2.75) is 43.1 Å². The molecule has 17 heavy (non-hydrogen) atoms. The second kappa shape index (κ2) is 5.59. The molecular formula is C12H19N3S2. The lowest BCUT2D eigenvalue weighted by atomic mass is 10.2. The van der Waals surface area contributed by atoms with E-state index in [0.29, 0.717) is 17.0 Å². The number of nitrogens with zero attached hydrogens (tertiary/aromatic N) is 2. The Kier molecular flexibility index (Phi) is 4.33. The minimum absolute atomic E-state index is 0.428. The molecule has 5 heteroatoms. The fraction of sp³-hybridized carbons (Fsp3) is 0.667. The van der Waals surface area contributed by atoms with Gasteiger partial charge in [-0.15, -0.1) is 11.8 Å². The lowest BCUT2D eigenvalue weighted by Crippen LogP contribution is -2.23. The van der Waals surface area contributed by atoms with Gasteiger partial charge in [0.2, 0.25) is 0 Å². The van der Waals surface area contributed by atoms with Gasteiger partial charge in [-0.25, -0.2) is 9.97 Å². The van der Waals surface area contributed by atoms with Crippen LogP contribution in [0.1, 0.15) is 36.2 Å². The largest absolute Gasteiger partial charge is 0.326 e. The molecule has 2 rings (SSSR count). The summed E-state index contributed by atoms with van der Waals surface area (Å²) in [5.74, 6) is 2.08. The van der Waals surface area contributed by atoms with Crippen molar-refractivity contribution in [1.29, 1.82) is 0 Å². The van der Waals surface area contributed by atoms with E-state index in [1.165, 1.54) is 0 Å². The number of hydrogen-bond donors (Lipinski definition) is 1. The molecule has 1 aromatic rings. The molecule has 0 amide bonds. The van der Waals surface area contributed by atoms with Crippen LogP contribution in [0.25, 0.3) is 0 Å². The van der Waals surface area contributed by atoms with Crippen LogP contribution in [-0.4, -0.2) is 26.2 Å². The minimum atomic E-state index is 0.428. The molecule has 0 saturated carbocycles. The Balaban J connectivity index is 2.15. The summed E-state index contributed by atoms with van der Waals surface area (Å²) in [6.45, 7) is 7.12. The van der Waals surface area contributed by atoms with Gasteiger partial charge in [0, 0.05) is 40.3 Å². The number of aromatic nitrogens is 2. The topological polar surface area (TPSA) is 51.8 Å². The molecule has 0 bridgehead atoms.